The Balaban J connectivity index is 1.90. The highest BCUT2D eigenvalue weighted by Crippen LogP contribution is 2.30. The summed E-state index contributed by atoms with van der Waals surface area (Å²) in [6.45, 7) is 1.05. The zero-order valence-corrected chi connectivity index (χ0v) is 11.6. The van der Waals surface area contributed by atoms with Crippen LogP contribution in [-0.2, 0) is 17.9 Å². The van der Waals surface area contributed by atoms with Crippen LogP contribution >= 0.6 is 0 Å². The van der Waals surface area contributed by atoms with Gasteiger partial charge in [-0.25, -0.2) is 0 Å². The number of ether oxygens (including phenoxy) is 2. The maximum atomic E-state index is 12.0. The van der Waals surface area contributed by atoms with Gasteiger partial charge in [-0.15, -0.1) is 0 Å². The van der Waals surface area contributed by atoms with Gasteiger partial charge in [0.1, 0.15) is 0 Å². The molecule has 5 nitrogen and oxygen atoms in total. The second kappa shape index (κ2) is 6.11. The van der Waals surface area contributed by atoms with Crippen molar-refractivity contribution in [1.29, 1.82) is 0 Å². The van der Waals surface area contributed by atoms with Gasteiger partial charge in [-0.1, -0.05) is 30.3 Å². The molecule has 0 bridgehead atoms. The molecule has 2 aromatic rings. The highest BCUT2D eigenvalue weighted by molar-refractivity contribution is 5.31. The molecule has 0 amide bonds. The van der Waals surface area contributed by atoms with Crippen molar-refractivity contribution in [1.82, 2.24) is 4.57 Å². The van der Waals surface area contributed by atoms with Crippen molar-refractivity contribution in [2.24, 2.45) is 0 Å². The lowest BCUT2D eigenvalue weighted by Gasteiger charge is -2.28. The molecule has 1 unspecified atom stereocenters. The summed E-state index contributed by atoms with van der Waals surface area (Å²) in [6.07, 6.45) is 1.78. The number of hydrogen-bond donors (Lipinski definition) is 1. The van der Waals surface area contributed by atoms with Gasteiger partial charge in [-0.3, -0.25) is 4.79 Å². The van der Waals surface area contributed by atoms with E-state index in [4.69, 9.17) is 14.6 Å². The molecule has 1 aliphatic rings. The number of aliphatic hydroxyl groups excluding tert-OH is 1. The predicted octanol–water partition coefficient (Wildman–Crippen LogP) is 1.84. The van der Waals surface area contributed by atoms with Crippen LogP contribution in [-0.4, -0.2) is 16.3 Å². The zero-order valence-electron chi connectivity index (χ0n) is 11.6. The summed E-state index contributed by atoms with van der Waals surface area (Å²) < 4.78 is 13.4. The zero-order chi connectivity index (χ0) is 14.7. The Morgan fingerprint density at radius 1 is 1.24 bits per heavy atom. The van der Waals surface area contributed by atoms with Crippen LogP contribution in [0.2, 0.25) is 0 Å². The third-order valence-electron chi connectivity index (χ3n) is 3.46. The smallest absolute Gasteiger partial charge is 0.227 e. The molecule has 3 rings (SSSR count). The molecule has 1 N–H and O–H groups in total. The van der Waals surface area contributed by atoms with Crippen LogP contribution in [0.4, 0.5) is 0 Å². The lowest BCUT2D eigenvalue weighted by atomic mass is 10.2. The minimum Gasteiger partial charge on any atom is -0.455 e. The number of aliphatic hydroxyl groups is 1. The highest BCUT2D eigenvalue weighted by Gasteiger charge is 2.25. The van der Waals surface area contributed by atoms with E-state index in [0.29, 0.717) is 25.3 Å². The topological polar surface area (TPSA) is 60.7 Å². The summed E-state index contributed by atoms with van der Waals surface area (Å²) >= 11 is 0. The molecule has 5 heteroatoms. The van der Waals surface area contributed by atoms with Gasteiger partial charge in [0, 0.05) is 31.0 Å². The van der Waals surface area contributed by atoms with Crippen LogP contribution in [0.5, 0.6) is 5.75 Å². The second-order valence-corrected chi connectivity index (χ2v) is 4.90. The van der Waals surface area contributed by atoms with Gasteiger partial charge in [0.15, 0.2) is 5.75 Å². The van der Waals surface area contributed by atoms with Crippen molar-refractivity contribution in [3.63, 3.8) is 0 Å². The predicted molar refractivity (Wildman–Crippen MR) is 77.0 cm³/mol. The summed E-state index contributed by atoms with van der Waals surface area (Å²) in [5.41, 5.74) is 1.46. The van der Waals surface area contributed by atoms with Crippen LogP contribution in [0.3, 0.4) is 0 Å². The number of fused-ring (bicyclic) bond motifs is 1. The fourth-order valence-corrected chi connectivity index (χ4v) is 2.39. The fraction of sp³-hybridized carbons (Fsp3) is 0.312. The van der Waals surface area contributed by atoms with E-state index in [0.717, 1.165) is 11.3 Å². The molecular formula is C16H17NO4. The van der Waals surface area contributed by atoms with E-state index in [9.17, 15) is 4.79 Å². The number of aromatic nitrogens is 1. The first-order chi connectivity index (χ1) is 10.3. The first kappa shape index (κ1) is 13.9. The SMILES string of the molecule is O=c1ccn(CCCO)c2c1OC(c1ccccc1)OC2. The molecule has 0 fully saturated rings. The molecule has 0 spiro atoms. The van der Waals surface area contributed by atoms with Crippen molar-refractivity contribution in [3.8, 4) is 5.75 Å². The lowest BCUT2D eigenvalue weighted by Crippen LogP contribution is -2.26. The maximum Gasteiger partial charge on any atom is 0.227 e. The van der Waals surface area contributed by atoms with Crippen LogP contribution in [0.15, 0.2) is 47.4 Å². The normalized spacial score (nSPS) is 17.1. The minimum absolute atomic E-state index is 0.106. The van der Waals surface area contributed by atoms with Gasteiger partial charge in [0.2, 0.25) is 11.7 Å². The number of hydrogen-bond acceptors (Lipinski definition) is 4. The number of nitrogens with zero attached hydrogens (tertiary/aromatic N) is 1. The first-order valence-corrected chi connectivity index (χ1v) is 6.96. The van der Waals surface area contributed by atoms with Crippen LogP contribution in [0.25, 0.3) is 0 Å². The summed E-state index contributed by atoms with van der Waals surface area (Å²) in [4.78, 5) is 12.0. The summed E-state index contributed by atoms with van der Waals surface area (Å²) in [5.74, 6) is 0.343. The van der Waals surface area contributed by atoms with Crippen molar-refractivity contribution in [3.05, 3.63) is 64.1 Å². The number of benzene rings is 1. The van der Waals surface area contributed by atoms with E-state index in [1.54, 1.807) is 6.20 Å². The number of pyridine rings is 1. The average Bonchev–Trinajstić information content (AvgIpc) is 2.55. The lowest BCUT2D eigenvalue weighted by molar-refractivity contribution is -0.115. The van der Waals surface area contributed by atoms with Crippen molar-refractivity contribution in [2.45, 2.75) is 25.9 Å². The largest absolute Gasteiger partial charge is 0.455 e. The minimum atomic E-state index is -0.555. The number of aryl methyl sites for hydroxylation is 1. The Labute approximate surface area is 122 Å². The van der Waals surface area contributed by atoms with Crippen LogP contribution < -0.4 is 10.2 Å². The molecule has 21 heavy (non-hydrogen) atoms. The molecule has 110 valence electrons. The monoisotopic (exact) mass is 287 g/mol. The third-order valence-corrected chi connectivity index (χ3v) is 3.46. The molecular weight excluding hydrogens is 270 g/mol. The molecule has 1 atom stereocenters. The molecule has 0 saturated heterocycles. The quantitative estimate of drug-likeness (QED) is 0.932. The van der Waals surface area contributed by atoms with Gasteiger partial charge >= 0.3 is 0 Å². The van der Waals surface area contributed by atoms with E-state index in [-0.39, 0.29) is 12.0 Å². The summed E-state index contributed by atoms with van der Waals surface area (Å²) in [7, 11) is 0. The van der Waals surface area contributed by atoms with E-state index < -0.39 is 6.29 Å². The van der Waals surface area contributed by atoms with Crippen LogP contribution in [0.1, 0.15) is 24.0 Å². The van der Waals surface area contributed by atoms with Gasteiger partial charge in [-0.2, -0.15) is 0 Å². The average molecular weight is 287 g/mol. The van der Waals surface area contributed by atoms with Gasteiger partial charge in [-0.05, 0) is 6.42 Å². The van der Waals surface area contributed by atoms with Gasteiger partial charge in [0.05, 0.1) is 12.3 Å². The van der Waals surface area contributed by atoms with Crippen LogP contribution in [0, 0.1) is 0 Å². The van der Waals surface area contributed by atoms with E-state index in [1.165, 1.54) is 6.07 Å². The third kappa shape index (κ3) is 2.84. The molecule has 1 aliphatic heterocycles. The van der Waals surface area contributed by atoms with Crippen molar-refractivity contribution < 1.29 is 14.6 Å². The molecule has 0 saturated carbocycles. The highest BCUT2D eigenvalue weighted by atomic mass is 16.7. The Morgan fingerprint density at radius 2 is 2.05 bits per heavy atom. The Morgan fingerprint density at radius 3 is 2.81 bits per heavy atom. The standard InChI is InChI=1S/C16H17NO4/c18-10-4-8-17-9-7-14(19)15-13(17)11-20-16(21-15)12-5-2-1-3-6-12/h1-3,5-7,9,16,18H,4,8,10-11H2. The molecule has 0 radical (unpaired) electrons. The summed E-state index contributed by atoms with van der Waals surface area (Å²) in [6, 6.07) is 11.0. The molecule has 0 aliphatic carbocycles. The molecule has 1 aromatic carbocycles. The van der Waals surface area contributed by atoms with E-state index in [2.05, 4.69) is 0 Å². The summed E-state index contributed by atoms with van der Waals surface area (Å²) in [5, 5.41) is 8.94. The van der Waals surface area contributed by atoms with Crippen molar-refractivity contribution >= 4 is 0 Å². The van der Waals surface area contributed by atoms with E-state index in [1.807, 2.05) is 34.9 Å². The van der Waals surface area contributed by atoms with Gasteiger partial charge in [0.25, 0.3) is 0 Å². The molecule has 1 aromatic heterocycles. The Bertz CT molecular complexity index is 666. The van der Waals surface area contributed by atoms with Gasteiger partial charge < -0.3 is 19.1 Å². The maximum absolute atomic E-state index is 12.0. The second-order valence-electron chi connectivity index (χ2n) is 4.90. The Hall–Kier alpha value is -2.11. The number of rotatable bonds is 4. The van der Waals surface area contributed by atoms with E-state index >= 15 is 0 Å². The van der Waals surface area contributed by atoms with Crippen molar-refractivity contribution in [2.75, 3.05) is 6.61 Å². The first-order valence-electron chi connectivity index (χ1n) is 6.96. The molecule has 2 heterocycles. The fourth-order valence-electron chi connectivity index (χ4n) is 2.39. The Kier molecular flexibility index (Phi) is 4.03.